The molecule has 4 nitrogen and oxygen atoms in total. The van der Waals surface area contributed by atoms with E-state index in [-0.39, 0.29) is 6.03 Å². The Kier molecular flexibility index (Phi) is 5.89. The molecule has 0 atom stereocenters. The number of amides is 2. The quantitative estimate of drug-likeness (QED) is 0.571. The lowest BCUT2D eigenvalue weighted by Gasteiger charge is -2.32. The number of H-pyrrole nitrogens is 1. The van der Waals surface area contributed by atoms with Crippen molar-refractivity contribution in [2.45, 2.75) is 45.4 Å². The summed E-state index contributed by atoms with van der Waals surface area (Å²) in [4.78, 5) is 18.1. The van der Waals surface area contributed by atoms with Crippen LogP contribution in [0, 0.1) is 13.8 Å². The maximum atomic E-state index is 12.5. The first kappa shape index (κ1) is 19.6. The van der Waals surface area contributed by atoms with E-state index in [2.05, 4.69) is 66.6 Å². The van der Waals surface area contributed by atoms with E-state index >= 15 is 0 Å². The third kappa shape index (κ3) is 4.47. The Morgan fingerprint density at radius 1 is 1.10 bits per heavy atom. The highest BCUT2D eigenvalue weighted by molar-refractivity contribution is 5.85. The largest absolute Gasteiger partial charge is 0.358 e. The molecule has 4 heteroatoms. The first-order chi connectivity index (χ1) is 14.1. The van der Waals surface area contributed by atoms with E-state index in [0.29, 0.717) is 5.92 Å². The third-order valence-corrected chi connectivity index (χ3v) is 6.20. The van der Waals surface area contributed by atoms with Crippen molar-refractivity contribution >= 4 is 16.9 Å². The van der Waals surface area contributed by atoms with E-state index in [9.17, 15) is 4.79 Å². The zero-order valence-electron chi connectivity index (χ0n) is 17.5. The van der Waals surface area contributed by atoms with Gasteiger partial charge < -0.3 is 15.2 Å². The van der Waals surface area contributed by atoms with Crippen LogP contribution < -0.4 is 5.32 Å². The summed E-state index contributed by atoms with van der Waals surface area (Å²) in [6.07, 6.45) is 4.01. The predicted octanol–water partition coefficient (Wildman–Crippen LogP) is 5.31. The average molecular weight is 390 g/mol. The molecule has 1 saturated heterocycles. The summed E-state index contributed by atoms with van der Waals surface area (Å²) in [6.45, 7) is 6.74. The molecule has 3 aromatic rings. The van der Waals surface area contributed by atoms with Crippen molar-refractivity contribution in [3.8, 4) is 0 Å². The van der Waals surface area contributed by atoms with Crippen molar-refractivity contribution in [1.82, 2.24) is 15.2 Å². The zero-order chi connectivity index (χ0) is 20.2. The smallest absolute Gasteiger partial charge is 0.317 e. The highest BCUT2D eigenvalue weighted by Gasteiger charge is 2.26. The van der Waals surface area contributed by atoms with Gasteiger partial charge in [-0.15, -0.1) is 0 Å². The van der Waals surface area contributed by atoms with Gasteiger partial charge in [-0.2, -0.15) is 0 Å². The summed E-state index contributed by atoms with van der Waals surface area (Å²) in [5.41, 5.74) is 6.57. The van der Waals surface area contributed by atoms with Gasteiger partial charge in [-0.05, 0) is 62.8 Å². The van der Waals surface area contributed by atoms with Gasteiger partial charge >= 0.3 is 6.03 Å². The zero-order valence-corrected chi connectivity index (χ0v) is 17.5. The molecular weight excluding hydrogens is 358 g/mol. The van der Waals surface area contributed by atoms with Crippen LogP contribution in [0.15, 0.2) is 48.5 Å². The Balaban J connectivity index is 1.27. The number of rotatable bonds is 5. The van der Waals surface area contributed by atoms with Crippen molar-refractivity contribution in [1.29, 1.82) is 0 Å². The number of benzene rings is 2. The Labute approximate surface area is 173 Å². The maximum Gasteiger partial charge on any atom is 0.317 e. The summed E-state index contributed by atoms with van der Waals surface area (Å²) in [6, 6.07) is 17.1. The van der Waals surface area contributed by atoms with Gasteiger partial charge in [0.1, 0.15) is 0 Å². The second-order valence-corrected chi connectivity index (χ2v) is 8.30. The van der Waals surface area contributed by atoms with Crippen LogP contribution >= 0.6 is 0 Å². The van der Waals surface area contributed by atoms with Crippen LogP contribution in [0.4, 0.5) is 4.79 Å². The average Bonchev–Trinajstić information content (AvgIpc) is 3.08. The van der Waals surface area contributed by atoms with E-state index in [0.717, 1.165) is 45.3 Å². The lowest BCUT2D eigenvalue weighted by atomic mass is 9.91. The molecule has 4 rings (SSSR count). The van der Waals surface area contributed by atoms with E-state index < -0.39 is 0 Å². The van der Waals surface area contributed by atoms with Gasteiger partial charge in [0.2, 0.25) is 0 Å². The molecule has 1 fully saturated rings. The number of hydrogen-bond acceptors (Lipinski definition) is 1. The normalized spacial score (nSPS) is 15.0. The number of fused-ring (bicyclic) bond motifs is 1. The number of hydrogen-bond donors (Lipinski definition) is 2. The molecule has 2 heterocycles. The number of aromatic amines is 1. The lowest BCUT2D eigenvalue weighted by molar-refractivity contribution is 0.181. The van der Waals surface area contributed by atoms with Crippen LogP contribution in [0.25, 0.3) is 10.9 Å². The molecular formula is C25H31N3O. The molecule has 0 saturated carbocycles. The number of carbonyl (C=O) groups excluding carboxylic acids is 1. The molecule has 0 spiro atoms. The topological polar surface area (TPSA) is 48.1 Å². The number of aromatic nitrogens is 1. The first-order valence-corrected chi connectivity index (χ1v) is 10.8. The second kappa shape index (κ2) is 8.73. The summed E-state index contributed by atoms with van der Waals surface area (Å²) in [5.74, 6) is 0.504. The van der Waals surface area contributed by atoms with E-state index in [1.54, 1.807) is 0 Å². The van der Waals surface area contributed by atoms with Gasteiger partial charge in [-0.25, -0.2) is 4.79 Å². The number of nitrogens with one attached hydrogen (secondary N) is 2. The number of aryl methyl sites for hydroxylation is 3. The summed E-state index contributed by atoms with van der Waals surface area (Å²) < 4.78 is 0. The van der Waals surface area contributed by atoms with E-state index in [1.165, 1.54) is 33.3 Å². The SMILES string of the molecule is Cc1ccc2[nH]c(C3CCN(C(=O)NCCCc4ccccc4)CC3)c(C)c2c1. The number of carbonyl (C=O) groups is 1. The van der Waals surface area contributed by atoms with Crippen LogP contribution in [0.3, 0.4) is 0 Å². The molecule has 152 valence electrons. The molecule has 0 radical (unpaired) electrons. The Bertz CT molecular complexity index is 968. The van der Waals surface area contributed by atoms with Gasteiger partial charge in [-0.3, -0.25) is 0 Å². The first-order valence-electron chi connectivity index (χ1n) is 10.8. The molecule has 29 heavy (non-hydrogen) atoms. The van der Waals surface area contributed by atoms with Gasteiger partial charge in [0, 0.05) is 42.1 Å². The van der Waals surface area contributed by atoms with Gasteiger partial charge in [-0.1, -0.05) is 42.0 Å². The highest BCUT2D eigenvalue weighted by atomic mass is 16.2. The molecule has 0 unspecified atom stereocenters. The van der Waals surface area contributed by atoms with Gasteiger partial charge in [0.05, 0.1) is 0 Å². The number of urea groups is 1. The van der Waals surface area contributed by atoms with Gasteiger partial charge in [0.15, 0.2) is 0 Å². The molecule has 0 aliphatic carbocycles. The molecule has 2 amide bonds. The van der Waals surface area contributed by atoms with Crippen molar-refractivity contribution in [3.63, 3.8) is 0 Å². The fraction of sp³-hybridized carbons (Fsp3) is 0.400. The minimum atomic E-state index is 0.0838. The molecule has 2 aromatic carbocycles. The fourth-order valence-electron chi connectivity index (χ4n) is 4.49. The van der Waals surface area contributed by atoms with E-state index in [1.807, 2.05) is 11.0 Å². The molecule has 1 aliphatic rings. The number of likely N-dealkylation sites (tertiary alicyclic amines) is 1. The number of nitrogens with zero attached hydrogens (tertiary/aromatic N) is 1. The highest BCUT2D eigenvalue weighted by Crippen LogP contribution is 2.33. The minimum Gasteiger partial charge on any atom is -0.358 e. The Morgan fingerprint density at radius 3 is 2.62 bits per heavy atom. The lowest BCUT2D eigenvalue weighted by Crippen LogP contribution is -2.44. The minimum absolute atomic E-state index is 0.0838. The van der Waals surface area contributed by atoms with Crippen LogP contribution in [-0.4, -0.2) is 35.5 Å². The van der Waals surface area contributed by atoms with Crippen molar-refractivity contribution in [3.05, 3.63) is 70.9 Å². The van der Waals surface area contributed by atoms with E-state index in [4.69, 9.17) is 0 Å². The standard InChI is InChI=1S/C25H31N3O/c1-18-10-11-23-22(17-18)19(2)24(27-23)21-12-15-28(16-13-21)25(29)26-14-6-9-20-7-4-3-5-8-20/h3-5,7-8,10-11,17,21,27H,6,9,12-16H2,1-2H3,(H,26,29). The van der Waals surface area contributed by atoms with Crippen molar-refractivity contribution < 1.29 is 4.79 Å². The third-order valence-electron chi connectivity index (χ3n) is 6.20. The van der Waals surface area contributed by atoms with Crippen LogP contribution in [0.2, 0.25) is 0 Å². The monoisotopic (exact) mass is 389 g/mol. The molecule has 1 aromatic heterocycles. The molecule has 2 N–H and O–H groups in total. The maximum absolute atomic E-state index is 12.5. The van der Waals surface area contributed by atoms with Crippen molar-refractivity contribution in [2.75, 3.05) is 19.6 Å². The fourth-order valence-corrected chi connectivity index (χ4v) is 4.49. The summed E-state index contributed by atoms with van der Waals surface area (Å²) in [5, 5.41) is 4.43. The molecule has 1 aliphatic heterocycles. The van der Waals surface area contributed by atoms with Gasteiger partial charge in [0.25, 0.3) is 0 Å². The number of piperidine rings is 1. The van der Waals surface area contributed by atoms with Crippen LogP contribution in [0.1, 0.15) is 47.6 Å². The summed E-state index contributed by atoms with van der Waals surface area (Å²) >= 11 is 0. The summed E-state index contributed by atoms with van der Waals surface area (Å²) in [7, 11) is 0. The molecule has 0 bridgehead atoms. The van der Waals surface area contributed by atoms with Crippen LogP contribution in [-0.2, 0) is 6.42 Å². The van der Waals surface area contributed by atoms with Crippen molar-refractivity contribution in [2.24, 2.45) is 0 Å². The Hall–Kier alpha value is -2.75. The Morgan fingerprint density at radius 2 is 1.86 bits per heavy atom. The van der Waals surface area contributed by atoms with Crippen LogP contribution in [0.5, 0.6) is 0 Å². The second-order valence-electron chi connectivity index (χ2n) is 8.30. The predicted molar refractivity (Wildman–Crippen MR) is 119 cm³/mol.